The van der Waals surface area contributed by atoms with E-state index in [-0.39, 0.29) is 17.0 Å². The van der Waals surface area contributed by atoms with E-state index in [1.165, 1.54) is 71.1 Å². The summed E-state index contributed by atoms with van der Waals surface area (Å²) in [4.78, 5) is 4.12. The molecule has 4 heteroatoms. The number of nitrogens with one attached hydrogen (secondary N) is 1. The van der Waals surface area contributed by atoms with Gasteiger partial charge in [0.25, 0.3) is 0 Å². The van der Waals surface area contributed by atoms with Gasteiger partial charge >= 0.3 is 0 Å². The van der Waals surface area contributed by atoms with Gasteiger partial charge in [-0.2, -0.15) is 0 Å². The topological polar surface area (TPSA) is 7.68 Å². The molecule has 2 nitrogen and oxygen atoms in total. The predicted octanol–water partition coefficient (Wildman–Crippen LogP) is 0.155. The molecular weight excluding hydrogens is 368 g/mol. The fraction of sp³-hybridized carbons (Fsp3) is 0.867. The molecule has 0 fully saturated rings. The second-order valence-corrected chi connectivity index (χ2v) is 6.15. The normalized spacial score (nSPS) is 17.8. The van der Waals surface area contributed by atoms with Crippen LogP contribution in [0.5, 0.6) is 0 Å². The van der Waals surface area contributed by atoms with E-state index in [0.29, 0.717) is 0 Å². The van der Waals surface area contributed by atoms with E-state index in [0.717, 1.165) is 5.33 Å². The van der Waals surface area contributed by atoms with Crippen molar-refractivity contribution in [3.8, 4) is 0 Å². The summed E-state index contributed by atoms with van der Waals surface area (Å²) in [5, 5.41) is 1.14. The van der Waals surface area contributed by atoms with Crippen LogP contribution in [0.25, 0.3) is 0 Å². The second kappa shape index (κ2) is 13.4. The number of quaternary nitrogens is 1. The summed E-state index contributed by atoms with van der Waals surface area (Å²) in [6, 6.07) is 0. The smallest absolute Gasteiger partial charge is 0.156 e. The van der Waals surface area contributed by atoms with E-state index < -0.39 is 0 Å². The van der Waals surface area contributed by atoms with Gasteiger partial charge in [0.15, 0.2) is 6.67 Å². The number of rotatable bonds is 11. The molecule has 1 aliphatic heterocycles. The Labute approximate surface area is 138 Å². The van der Waals surface area contributed by atoms with E-state index in [4.69, 9.17) is 0 Å². The molecule has 1 N–H and O–H groups in total. The first-order valence-electron chi connectivity index (χ1n) is 7.69. The number of halogens is 2. The fourth-order valence-corrected chi connectivity index (χ4v) is 2.83. The Bertz CT molecular complexity index is 222. The van der Waals surface area contributed by atoms with Crippen molar-refractivity contribution in [1.29, 1.82) is 0 Å². The monoisotopic (exact) mass is 396 g/mol. The highest BCUT2D eigenvalue weighted by Crippen LogP contribution is 2.06. The van der Waals surface area contributed by atoms with Gasteiger partial charge < -0.3 is 21.9 Å². The highest BCUT2D eigenvalue weighted by Gasteiger charge is 2.15. The Morgan fingerprint density at radius 1 is 1.05 bits per heavy atom. The predicted molar refractivity (Wildman–Crippen MR) is 82.9 cm³/mol. The molecule has 0 aromatic rings. The van der Waals surface area contributed by atoms with Gasteiger partial charge in [-0.1, -0.05) is 55.0 Å². The molecule has 0 amide bonds. The molecule has 0 aromatic carbocycles. The summed E-state index contributed by atoms with van der Waals surface area (Å²) in [5.41, 5.74) is 0. The molecule has 0 aliphatic carbocycles. The lowest BCUT2D eigenvalue weighted by Gasteiger charge is -2.16. The lowest BCUT2D eigenvalue weighted by atomic mass is 10.1. The Balaban J connectivity index is 0.00000324. The van der Waals surface area contributed by atoms with Crippen molar-refractivity contribution in [3.63, 3.8) is 0 Å². The van der Waals surface area contributed by atoms with Crippen LogP contribution in [0.1, 0.15) is 58.3 Å². The van der Waals surface area contributed by atoms with Gasteiger partial charge in [0.05, 0.1) is 12.7 Å². The minimum absolute atomic E-state index is 0. The zero-order valence-corrected chi connectivity index (χ0v) is 15.5. The van der Waals surface area contributed by atoms with Gasteiger partial charge in [-0.3, -0.25) is 4.90 Å². The number of hydrogen-bond donors (Lipinski definition) is 1. The lowest BCUT2D eigenvalue weighted by Crippen LogP contribution is -3.07. The van der Waals surface area contributed by atoms with Crippen LogP contribution in [0.3, 0.4) is 0 Å². The van der Waals surface area contributed by atoms with Crippen molar-refractivity contribution in [2.24, 2.45) is 0 Å². The van der Waals surface area contributed by atoms with Crippen molar-refractivity contribution in [3.05, 3.63) is 12.4 Å². The molecule has 0 spiro atoms. The molecule has 1 atom stereocenters. The molecule has 0 radical (unpaired) electrons. The highest BCUT2D eigenvalue weighted by molar-refractivity contribution is 9.09. The molecule has 0 saturated carbocycles. The summed E-state index contributed by atoms with van der Waals surface area (Å²) >= 11 is 3.49. The maximum Gasteiger partial charge on any atom is 0.156 e. The number of unbranched alkanes of at least 4 members (excludes halogenated alkanes) is 6. The van der Waals surface area contributed by atoms with Crippen molar-refractivity contribution in [2.45, 2.75) is 58.3 Å². The molecule has 1 aliphatic rings. The van der Waals surface area contributed by atoms with Gasteiger partial charge in [0.2, 0.25) is 0 Å². The largest absolute Gasteiger partial charge is 1.00 e. The maximum absolute atomic E-state index is 3.49. The van der Waals surface area contributed by atoms with Crippen LogP contribution >= 0.6 is 15.9 Å². The van der Waals surface area contributed by atoms with E-state index in [9.17, 15) is 0 Å². The van der Waals surface area contributed by atoms with Gasteiger partial charge in [-0.25, -0.2) is 0 Å². The van der Waals surface area contributed by atoms with E-state index in [1.54, 1.807) is 4.90 Å². The number of nitrogens with zero attached hydrogens (tertiary/aromatic N) is 1. The zero-order chi connectivity index (χ0) is 13.1. The van der Waals surface area contributed by atoms with Crippen LogP contribution in [0.4, 0.5) is 0 Å². The number of alkyl halides is 1. The third-order valence-electron chi connectivity index (χ3n) is 3.61. The summed E-state index contributed by atoms with van der Waals surface area (Å²) in [5.74, 6) is 0. The Hall–Kier alpha value is 0.460. The lowest BCUT2D eigenvalue weighted by molar-refractivity contribution is -0.849. The Morgan fingerprint density at radius 3 is 2.53 bits per heavy atom. The SMILES string of the molecule is CCCCCCCCN1C=C[NH+](CCCCBr)C1.[Br-]. The highest BCUT2D eigenvalue weighted by atomic mass is 79.9. The van der Waals surface area contributed by atoms with Crippen LogP contribution in [0, 0.1) is 0 Å². The Morgan fingerprint density at radius 2 is 1.79 bits per heavy atom. The summed E-state index contributed by atoms with van der Waals surface area (Å²) in [6.45, 7) is 6.01. The third-order valence-corrected chi connectivity index (χ3v) is 4.17. The molecule has 1 rings (SSSR count). The van der Waals surface area contributed by atoms with Gasteiger partial charge in [0.1, 0.15) is 6.20 Å². The maximum atomic E-state index is 3.49. The Kier molecular flexibility index (Phi) is 13.8. The molecule has 114 valence electrons. The zero-order valence-electron chi connectivity index (χ0n) is 12.3. The molecule has 1 unspecified atom stereocenters. The first-order valence-corrected chi connectivity index (χ1v) is 8.82. The quantitative estimate of drug-likeness (QED) is 0.385. The van der Waals surface area contributed by atoms with Crippen LogP contribution in [0.2, 0.25) is 0 Å². The molecule has 0 aromatic heterocycles. The van der Waals surface area contributed by atoms with Crippen LogP contribution < -0.4 is 21.9 Å². The van der Waals surface area contributed by atoms with Crippen molar-refractivity contribution in [1.82, 2.24) is 4.90 Å². The van der Waals surface area contributed by atoms with E-state index in [1.807, 2.05) is 0 Å². The molecule has 1 heterocycles. The van der Waals surface area contributed by atoms with Crippen LogP contribution in [-0.2, 0) is 0 Å². The minimum Gasteiger partial charge on any atom is -1.00 e. The molecular formula is C15H30Br2N2. The van der Waals surface area contributed by atoms with E-state index in [2.05, 4.69) is 40.2 Å². The molecule has 0 saturated heterocycles. The standard InChI is InChI=1S/C15H29BrN2.BrH/c1-2-3-4-5-6-8-11-17-13-14-18(15-17)12-9-7-10-16;/h13-14H,2-12,15H2,1H3;1H. The van der Waals surface area contributed by atoms with Gasteiger partial charge in [-0.05, 0) is 19.3 Å². The number of hydrogen-bond acceptors (Lipinski definition) is 1. The van der Waals surface area contributed by atoms with Gasteiger partial charge in [-0.15, -0.1) is 0 Å². The summed E-state index contributed by atoms with van der Waals surface area (Å²) in [6.07, 6.45) is 15.7. The first kappa shape index (κ1) is 19.5. The summed E-state index contributed by atoms with van der Waals surface area (Å²) < 4.78 is 0. The van der Waals surface area contributed by atoms with Crippen molar-refractivity contribution in [2.75, 3.05) is 25.1 Å². The van der Waals surface area contributed by atoms with Crippen LogP contribution in [0.15, 0.2) is 12.4 Å². The average molecular weight is 398 g/mol. The average Bonchev–Trinajstić information content (AvgIpc) is 2.82. The van der Waals surface area contributed by atoms with Gasteiger partial charge in [0, 0.05) is 11.9 Å². The van der Waals surface area contributed by atoms with E-state index >= 15 is 0 Å². The fourth-order valence-electron chi connectivity index (χ4n) is 2.43. The molecule has 0 bridgehead atoms. The van der Waals surface area contributed by atoms with Crippen molar-refractivity contribution >= 4 is 15.9 Å². The molecule has 19 heavy (non-hydrogen) atoms. The summed E-state index contributed by atoms with van der Waals surface area (Å²) in [7, 11) is 0. The first-order chi connectivity index (χ1) is 8.86. The second-order valence-electron chi connectivity index (χ2n) is 5.36. The van der Waals surface area contributed by atoms with Crippen LogP contribution in [-0.4, -0.2) is 30.0 Å². The minimum atomic E-state index is 0. The van der Waals surface area contributed by atoms with Crippen molar-refractivity contribution < 1.29 is 21.9 Å². The third kappa shape index (κ3) is 9.91.